The Morgan fingerprint density at radius 1 is 1.00 bits per heavy atom. The van der Waals surface area contributed by atoms with Gasteiger partial charge in [0.2, 0.25) is 11.8 Å². The number of piperazine rings is 1. The van der Waals surface area contributed by atoms with E-state index in [1.165, 1.54) is 12.1 Å². The number of amides is 2. The maximum atomic E-state index is 13.8. The van der Waals surface area contributed by atoms with Gasteiger partial charge >= 0.3 is 5.97 Å². The summed E-state index contributed by atoms with van der Waals surface area (Å²) in [7, 11) is 0. The molecule has 1 spiro atoms. The van der Waals surface area contributed by atoms with Crippen LogP contribution in [0.25, 0.3) is 0 Å². The molecule has 2 heterocycles. The fourth-order valence-electron chi connectivity index (χ4n) is 6.89. The van der Waals surface area contributed by atoms with Crippen LogP contribution >= 0.6 is 0 Å². The smallest absolute Gasteiger partial charge is 0.335 e. The van der Waals surface area contributed by atoms with Crippen molar-refractivity contribution in [3.05, 3.63) is 53.6 Å². The first-order valence-corrected chi connectivity index (χ1v) is 16.0. The third-order valence-corrected chi connectivity index (χ3v) is 9.39. The number of aliphatic hydroxyl groups is 1. The number of benzene rings is 2. The van der Waals surface area contributed by atoms with Crippen molar-refractivity contribution in [2.45, 2.75) is 95.4 Å². The van der Waals surface area contributed by atoms with Crippen molar-refractivity contribution in [3.8, 4) is 17.2 Å². The quantitative estimate of drug-likeness (QED) is 0.316. The minimum Gasteiger partial charge on any atom is -0.490 e. The van der Waals surface area contributed by atoms with Gasteiger partial charge in [-0.3, -0.25) is 14.5 Å². The third kappa shape index (κ3) is 6.86. The number of carbonyl (C=O) groups excluding carboxylic acids is 2. The molecular formula is C34H45N3O7. The maximum Gasteiger partial charge on any atom is 0.335 e. The highest BCUT2D eigenvalue weighted by Crippen LogP contribution is 2.38. The molecule has 2 aromatic carbocycles. The number of carbonyl (C=O) groups is 3. The van der Waals surface area contributed by atoms with Crippen molar-refractivity contribution in [1.29, 1.82) is 0 Å². The van der Waals surface area contributed by atoms with Gasteiger partial charge in [0.05, 0.1) is 17.8 Å². The molecule has 1 saturated carbocycles. The largest absolute Gasteiger partial charge is 0.490 e. The lowest BCUT2D eigenvalue weighted by atomic mass is 9.80. The number of rotatable bonds is 12. The molecule has 10 nitrogen and oxygen atoms in total. The summed E-state index contributed by atoms with van der Waals surface area (Å²) in [6.07, 6.45) is 6.48. The Balaban J connectivity index is 1.21. The van der Waals surface area contributed by atoms with Gasteiger partial charge in [0, 0.05) is 32.6 Å². The minimum absolute atomic E-state index is 0.0486. The summed E-state index contributed by atoms with van der Waals surface area (Å²) < 4.78 is 11.6. The molecule has 2 saturated heterocycles. The number of aromatic carboxylic acids is 1. The summed E-state index contributed by atoms with van der Waals surface area (Å²) in [5.74, 6) is 0.265. The van der Waals surface area contributed by atoms with Gasteiger partial charge in [0.15, 0.2) is 11.5 Å². The average Bonchev–Trinajstić information content (AvgIpc) is 3.44. The Bertz CT molecular complexity index is 1330. The maximum absolute atomic E-state index is 13.8. The van der Waals surface area contributed by atoms with Gasteiger partial charge in [0.1, 0.15) is 17.3 Å². The molecule has 0 radical (unpaired) electrons. The molecule has 44 heavy (non-hydrogen) atoms. The first-order chi connectivity index (χ1) is 21.2. The molecular weight excluding hydrogens is 562 g/mol. The summed E-state index contributed by atoms with van der Waals surface area (Å²) >= 11 is 0. The first-order valence-electron chi connectivity index (χ1n) is 16.0. The number of hydrogen-bond acceptors (Lipinski definition) is 7. The number of unbranched alkanes of at least 4 members (excludes halogenated alkanes) is 1. The first kappa shape index (κ1) is 31.8. The molecule has 2 aliphatic heterocycles. The van der Waals surface area contributed by atoms with E-state index >= 15 is 0 Å². The number of likely N-dealkylation sites (tertiary alicyclic amines) is 1. The van der Waals surface area contributed by atoms with Crippen LogP contribution in [0.4, 0.5) is 0 Å². The zero-order valence-corrected chi connectivity index (χ0v) is 25.8. The lowest BCUT2D eigenvalue weighted by molar-refractivity contribution is -0.163. The van der Waals surface area contributed by atoms with E-state index in [2.05, 4.69) is 17.1 Å². The Morgan fingerprint density at radius 2 is 1.70 bits per heavy atom. The van der Waals surface area contributed by atoms with E-state index in [1.54, 1.807) is 6.07 Å². The van der Waals surface area contributed by atoms with Crippen molar-refractivity contribution < 1.29 is 34.1 Å². The van der Waals surface area contributed by atoms with Gasteiger partial charge in [-0.25, -0.2) is 4.79 Å². The SMILES string of the molecule is CCCCN1C(=O)[C@@H](CC2(O)CCCC2)NC(=O)C12CCN(Cc1ccc(Oc3ccc(C(=O)O)cc3OCC)cc1)CC2. The molecule has 5 rings (SSSR count). The second-order valence-corrected chi connectivity index (χ2v) is 12.5. The van der Waals surface area contributed by atoms with E-state index in [-0.39, 0.29) is 17.4 Å². The fraction of sp³-hybridized carbons (Fsp3) is 0.559. The number of carboxylic acids is 1. The Kier molecular flexibility index (Phi) is 9.80. The summed E-state index contributed by atoms with van der Waals surface area (Å²) in [5, 5.41) is 23.3. The van der Waals surface area contributed by atoms with Crippen LogP contribution in [0.15, 0.2) is 42.5 Å². The van der Waals surface area contributed by atoms with E-state index in [9.17, 15) is 24.6 Å². The average molecular weight is 608 g/mol. The molecule has 238 valence electrons. The van der Waals surface area contributed by atoms with Crippen molar-refractivity contribution >= 4 is 17.8 Å². The van der Waals surface area contributed by atoms with Gasteiger partial charge in [-0.1, -0.05) is 38.3 Å². The lowest BCUT2D eigenvalue weighted by Gasteiger charge is -2.52. The fourth-order valence-corrected chi connectivity index (χ4v) is 6.89. The monoisotopic (exact) mass is 607 g/mol. The molecule has 1 atom stereocenters. The summed E-state index contributed by atoms with van der Waals surface area (Å²) in [4.78, 5) is 42.9. The van der Waals surface area contributed by atoms with Crippen LogP contribution in [0.1, 0.15) is 87.6 Å². The van der Waals surface area contributed by atoms with Gasteiger partial charge < -0.3 is 29.9 Å². The lowest BCUT2D eigenvalue weighted by Crippen LogP contribution is -2.73. The molecule has 0 unspecified atom stereocenters. The van der Waals surface area contributed by atoms with Crippen LogP contribution in [0.2, 0.25) is 0 Å². The number of hydrogen-bond donors (Lipinski definition) is 3. The number of ether oxygens (including phenoxy) is 2. The topological polar surface area (TPSA) is 129 Å². The molecule has 1 aliphatic carbocycles. The van der Waals surface area contributed by atoms with Crippen LogP contribution in [0.5, 0.6) is 17.2 Å². The second-order valence-electron chi connectivity index (χ2n) is 12.5. The van der Waals surface area contributed by atoms with Crippen LogP contribution < -0.4 is 14.8 Å². The van der Waals surface area contributed by atoms with Gasteiger partial charge in [-0.2, -0.15) is 0 Å². The van der Waals surface area contributed by atoms with Gasteiger partial charge in [-0.15, -0.1) is 0 Å². The van der Waals surface area contributed by atoms with Crippen LogP contribution in [-0.2, 0) is 16.1 Å². The molecule has 0 aromatic heterocycles. The number of carboxylic acid groups (broad SMARTS) is 1. The normalized spacial score (nSPS) is 21.3. The van der Waals surface area contributed by atoms with E-state index in [0.717, 1.165) is 31.2 Å². The Hall–Kier alpha value is -3.63. The standard InChI is InChI=1S/C34H45N3O7/c1-3-5-18-37-30(38)27(22-33(42)14-6-7-15-33)35-32(41)34(37)16-19-36(20-17-34)23-24-8-11-26(12-9-24)44-28-13-10-25(31(39)40)21-29(28)43-4-2/h8-13,21,27,42H,3-7,14-20,22-23H2,1-2H3,(H,35,41)(H,39,40)/t27-/m1/s1. The van der Waals surface area contributed by atoms with E-state index in [0.29, 0.717) is 82.1 Å². The van der Waals surface area contributed by atoms with Crippen LogP contribution in [-0.4, -0.2) is 81.2 Å². The zero-order valence-electron chi connectivity index (χ0n) is 25.8. The van der Waals surface area contributed by atoms with E-state index in [1.807, 2.05) is 36.1 Å². The minimum atomic E-state index is -1.03. The molecule has 2 amide bonds. The molecule has 3 N–H and O–H groups in total. The third-order valence-electron chi connectivity index (χ3n) is 9.39. The summed E-state index contributed by atoms with van der Waals surface area (Å²) in [6.45, 7) is 6.93. The second kappa shape index (κ2) is 13.6. The van der Waals surface area contributed by atoms with Crippen molar-refractivity contribution in [2.24, 2.45) is 0 Å². The van der Waals surface area contributed by atoms with Crippen molar-refractivity contribution in [3.63, 3.8) is 0 Å². The predicted molar refractivity (Wildman–Crippen MR) is 165 cm³/mol. The highest BCUT2D eigenvalue weighted by atomic mass is 16.5. The van der Waals surface area contributed by atoms with Crippen molar-refractivity contribution in [2.75, 3.05) is 26.2 Å². The van der Waals surface area contributed by atoms with E-state index < -0.39 is 23.2 Å². The van der Waals surface area contributed by atoms with E-state index in [4.69, 9.17) is 9.47 Å². The Morgan fingerprint density at radius 3 is 2.34 bits per heavy atom. The molecule has 3 aliphatic rings. The zero-order chi connectivity index (χ0) is 31.3. The van der Waals surface area contributed by atoms with Gasteiger partial charge in [0.25, 0.3) is 0 Å². The number of nitrogens with zero attached hydrogens (tertiary/aromatic N) is 2. The highest BCUT2D eigenvalue weighted by Gasteiger charge is 2.54. The molecule has 2 aromatic rings. The number of nitrogens with one attached hydrogen (secondary N) is 1. The number of piperidine rings is 1. The Labute approximate surface area is 259 Å². The predicted octanol–water partition coefficient (Wildman–Crippen LogP) is 4.73. The molecule has 10 heteroatoms. The van der Waals surface area contributed by atoms with Crippen LogP contribution in [0, 0.1) is 0 Å². The summed E-state index contributed by atoms with van der Waals surface area (Å²) in [6, 6.07) is 11.6. The van der Waals surface area contributed by atoms with Crippen molar-refractivity contribution in [1.82, 2.24) is 15.1 Å². The summed E-state index contributed by atoms with van der Waals surface area (Å²) in [5.41, 5.74) is -0.486. The highest BCUT2D eigenvalue weighted by molar-refractivity contribution is 6.00. The molecule has 0 bridgehead atoms. The molecule has 3 fully saturated rings. The van der Waals surface area contributed by atoms with Gasteiger partial charge in [-0.05, 0) is 74.9 Å². The van der Waals surface area contributed by atoms with Crippen LogP contribution in [0.3, 0.4) is 0 Å².